The number of pyridine rings is 1. The summed E-state index contributed by atoms with van der Waals surface area (Å²) >= 11 is 0. The average molecular weight is 222 g/mol. The van der Waals surface area contributed by atoms with Crippen molar-refractivity contribution in [1.29, 1.82) is 0 Å². The lowest BCUT2D eigenvalue weighted by Crippen LogP contribution is -2.13. The van der Waals surface area contributed by atoms with Crippen molar-refractivity contribution in [1.82, 2.24) is 10.3 Å². The Bertz CT molecular complexity index is 318. The Morgan fingerprint density at radius 2 is 2.12 bits per heavy atom. The van der Waals surface area contributed by atoms with Gasteiger partial charge in [0.25, 0.3) is 0 Å². The maximum Gasteiger partial charge on any atom is 0.217 e. The normalized spacial score (nSPS) is 11.5. The molecule has 1 aromatic rings. The van der Waals surface area contributed by atoms with Gasteiger partial charge in [-0.3, -0.25) is 0 Å². The molecule has 0 saturated carbocycles. The van der Waals surface area contributed by atoms with Crippen molar-refractivity contribution in [3.63, 3.8) is 0 Å². The molecule has 1 aromatic heterocycles. The molecule has 0 amide bonds. The van der Waals surface area contributed by atoms with Crippen molar-refractivity contribution in [3.8, 4) is 5.88 Å². The van der Waals surface area contributed by atoms with Crippen LogP contribution in [0.5, 0.6) is 5.88 Å². The van der Waals surface area contributed by atoms with Gasteiger partial charge in [0.2, 0.25) is 5.88 Å². The number of rotatable bonds is 5. The van der Waals surface area contributed by atoms with Crippen LogP contribution in [0.1, 0.15) is 32.8 Å². The van der Waals surface area contributed by atoms with Crippen LogP contribution in [0.25, 0.3) is 0 Å². The van der Waals surface area contributed by atoms with E-state index in [0.29, 0.717) is 5.41 Å². The first-order valence-corrected chi connectivity index (χ1v) is 5.74. The van der Waals surface area contributed by atoms with Crippen molar-refractivity contribution in [2.24, 2.45) is 5.41 Å². The first kappa shape index (κ1) is 13.0. The van der Waals surface area contributed by atoms with Gasteiger partial charge in [0.05, 0.1) is 6.61 Å². The monoisotopic (exact) mass is 222 g/mol. The van der Waals surface area contributed by atoms with Gasteiger partial charge in [-0.1, -0.05) is 26.8 Å². The Labute approximate surface area is 98.2 Å². The second-order valence-corrected chi connectivity index (χ2v) is 5.16. The summed E-state index contributed by atoms with van der Waals surface area (Å²) in [7, 11) is 1.92. The van der Waals surface area contributed by atoms with Crippen molar-refractivity contribution in [3.05, 3.63) is 23.9 Å². The molecule has 0 aliphatic carbocycles. The van der Waals surface area contributed by atoms with Crippen LogP contribution >= 0.6 is 0 Å². The number of nitrogens with one attached hydrogen (secondary N) is 1. The minimum atomic E-state index is 0.304. The van der Waals surface area contributed by atoms with Gasteiger partial charge in [-0.05, 0) is 24.9 Å². The van der Waals surface area contributed by atoms with Crippen LogP contribution in [0.15, 0.2) is 18.3 Å². The number of aromatic nitrogens is 1. The SMILES string of the molecule is CNCc1cccnc1OCCC(C)(C)C. The van der Waals surface area contributed by atoms with Gasteiger partial charge in [-0.2, -0.15) is 0 Å². The third kappa shape index (κ3) is 4.62. The van der Waals surface area contributed by atoms with E-state index in [2.05, 4.69) is 31.1 Å². The molecule has 1 N–H and O–H groups in total. The summed E-state index contributed by atoms with van der Waals surface area (Å²) in [6.45, 7) is 8.14. The fourth-order valence-corrected chi connectivity index (χ4v) is 1.33. The second kappa shape index (κ2) is 5.85. The van der Waals surface area contributed by atoms with Crippen molar-refractivity contribution in [2.75, 3.05) is 13.7 Å². The molecule has 0 fully saturated rings. The molecule has 1 rings (SSSR count). The Morgan fingerprint density at radius 3 is 2.75 bits per heavy atom. The molecule has 90 valence electrons. The van der Waals surface area contributed by atoms with E-state index in [1.165, 1.54) is 0 Å². The van der Waals surface area contributed by atoms with Crippen LogP contribution in [-0.2, 0) is 6.54 Å². The summed E-state index contributed by atoms with van der Waals surface area (Å²) in [5.74, 6) is 0.751. The average Bonchev–Trinajstić information content (AvgIpc) is 2.19. The molecule has 0 aromatic carbocycles. The molecule has 3 nitrogen and oxygen atoms in total. The first-order valence-electron chi connectivity index (χ1n) is 5.74. The second-order valence-electron chi connectivity index (χ2n) is 5.16. The molecule has 0 radical (unpaired) electrons. The number of ether oxygens (including phenoxy) is 1. The van der Waals surface area contributed by atoms with Gasteiger partial charge in [-0.25, -0.2) is 4.98 Å². The van der Waals surface area contributed by atoms with Crippen LogP contribution in [0.4, 0.5) is 0 Å². The zero-order valence-electron chi connectivity index (χ0n) is 10.7. The minimum absolute atomic E-state index is 0.304. The molecule has 0 aliphatic heterocycles. The van der Waals surface area contributed by atoms with Gasteiger partial charge in [-0.15, -0.1) is 0 Å². The van der Waals surface area contributed by atoms with Crippen LogP contribution in [-0.4, -0.2) is 18.6 Å². The molecule has 0 atom stereocenters. The van der Waals surface area contributed by atoms with Crippen molar-refractivity contribution < 1.29 is 4.74 Å². The van der Waals surface area contributed by atoms with Crippen LogP contribution < -0.4 is 10.1 Å². The van der Waals surface area contributed by atoms with Crippen LogP contribution in [0.2, 0.25) is 0 Å². The summed E-state index contributed by atoms with van der Waals surface area (Å²) in [5, 5.41) is 3.11. The quantitative estimate of drug-likeness (QED) is 0.831. The van der Waals surface area contributed by atoms with E-state index in [9.17, 15) is 0 Å². The molecule has 0 unspecified atom stereocenters. The van der Waals surface area contributed by atoms with Crippen LogP contribution in [0.3, 0.4) is 0 Å². The first-order chi connectivity index (χ1) is 7.53. The Balaban J connectivity index is 2.52. The highest BCUT2D eigenvalue weighted by atomic mass is 16.5. The molecule has 0 bridgehead atoms. The maximum atomic E-state index is 5.71. The molecule has 1 heterocycles. The van der Waals surface area contributed by atoms with Gasteiger partial charge in [0.15, 0.2) is 0 Å². The lowest BCUT2D eigenvalue weighted by Gasteiger charge is -2.18. The van der Waals surface area contributed by atoms with Gasteiger partial charge in [0, 0.05) is 18.3 Å². The van der Waals surface area contributed by atoms with E-state index in [0.717, 1.165) is 31.0 Å². The van der Waals surface area contributed by atoms with Crippen LogP contribution in [0, 0.1) is 5.41 Å². The molecule has 3 heteroatoms. The van der Waals surface area contributed by atoms with Gasteiger partial charge < -0.3 is 10.1 Å². The summed E-state index contributed by atoms with van der Waals surface area (Å²) in [4.78, 5) is 4.25. The zero-order valence-corrected chi connectivity index (χ0v) is 10.7. The molecule has 0 saturated heterocycles. The standard InChI is InChI=1S/C13H22N2O/c1-13(2,3)7-9-16-12-11(10-14-4)6-5-8-15-12/h5-6,8,14H,7,9-10H2,1-4H3. The van der Waals surface area contributed by atoms with E-state index in [1.807, 2.05) is 19.2 Å². The number of hydrogen-bond donors (Lipinski definition) is 1. The predicted octanol–water partition coefficient (Wildman–Crippen LogP) is 2.62. The van der Waals surface area contributed by atoms with Crippen molar-refractivity contribution in [2.45, 2.75) is 33.7 Å². The highest BCUT2D eigenvalue weighted by Gasteiger charge is 2.11. The number of hydrogen-bond acceptors (Lipinski definition) is 3. The van der Waals surface area contributed by atoms with E-state index in [-0.39, 0.29) is 0 Å². The summed E-state index contributed by atoms with van der Waals surface area (Å²) in [6.07, 6.45) is 2.80. The largest absolute Gasteiger partial charge is 0.477 e. The lowest BCUT2D eigenvalue weighted by molar-refractivity contribution is 0.234. The molecule has 0 aliphatic rings. The Kier molecular flexibility index (Phi) is 4.74. The Hall–Kier alpha value is -1.09. The maximum absolute atomic E-state index is 5.71. The van der Waals surface area contributed by atoms with Crippen molar-refractivity contribution >= 4 is 0 Å². The highest BCUT2D eigenvalue weighted by molar-refractivity contribution is 5.25. The summed E-state index contributed by atoms with van der Waals surface area (Å²) in [5.41, 5.74) is 1.41. The molecule has 16 heavy (non-hydrogen) atoms. The van der Waals surface area contributed by atoms with E-state index < -0.39 is 0 Å². The predicted molar refractivity (Wildman–Crippen MR) is 66.6 cm³/mol. The fourth-order valence-electron chi connectivity index (χ4n) is 1.33. The smallest absolute Gasteiger partial charge is 0.217 e. The minimum Gasteiger partial charge on any atom is -0.477 e. The molecular formula is C13H22N2O. The van der Waals surface area contributed by atoms with E-state index in [4.69, 9.17) is 4.74 Å². The highest BCUT2D eigenvalue weighted by Crippen LogP contribution is 2.20. The summed E-state index contributed by atoms with van der Waals surface area (Å²) < 4.78 is 5.71. The lowest BCUT2D eigenvalue weighted by atomic mass is 9.93. The third-order valence-corrected chi connectivity index (χ3v) is 2.31. The van der Waals surface area contributed by atoms with Gasteiger partial charge in [0.1, 0.15) is 0 Å². The fraction of sp³-hybridized carbons (Fsp3) is 0.615. The van der Waals surface area contributed by atoms with Gasteiger partial charge >= 0.3 is 0 Å². The van der Waals surface area contributed by atoms with E-state index in [1.54, 1.807) is 6.20 Å². The molecular weight excluding hydrogens is 200 g/mol. The summed E-state index contributed by atoms with van der Waals surface area (Å²) in [6, 6.07) is 3.97. The van der Waals surface area contributed by atoms with E-state index >= 15 is 0 Å². The third-order valence-electron chi connectivity index (χ3n) is 2.31. The Morgan fingerprint density at radius 1 is 1.38 bits per heavy atom. The number of nitrogens with zero attached hydrogens (tertiary/aromatic N) is 1. The topological polar surface area (TPSA) is 34.2 Å². The zero-order chi connectivity index (χ0) is 12.0. The molecule has 0 spiro atoms.